The predicted molar refractivity (Wildman–Crippen MR) is 85.6 cm³/mol. The van der Waals surface area contributed by atoms with Gasteiger partial charge in [0.05, 0.1) is 0 Å². The van der Waals surface area contributed by atoms with Gasteiger partial charge in [0.1, 0.15) is 5.58 Å². The molecule has 1 aliphatic carbocycles. The quantitative estimate of drug-likeness (QED) is 0.691. The van der Waals surface area contributed by atoms with Gasteiger partial charge in [-0.05, 0) is 43.7 Å². The lowest BCUT2D eigenvalue weighted by atomic mass is 9.74. The number of benzene rings is 1. The van der Waals surface area contributed by atoms with E-state index in [1.54, 1.807) is 0 Å². The summed E-state index contributed by atoms with van der Waals surface area (Å²) in [7, 11) is 0. The number of aryl methyl sites for hydroxylation is 1. The summed E-state index contributed by atoms with van der Waals surface area (Å²) in [5.41, 5.74) is 1.77. The number of Topliss-reactive ketones (excluding diaryl/α,β-unsaturated/α-hetero) is 1. The van der Waals surface area contributed by atoms with E-state index in [0.29, 0.717) is 11.7 Å². The maximum absolute atomic E-state index is 13.1. The minimum absolute atomic E-state index is 0.185. The molecule has 2 aromatic rings. The first-order valence-corrected chi connectivity index (χ1v) is 8.06. The summed E-state index contributed by atoms with van der Waals surface area (Å²) >= 11 is 0. The second-order valence-electron chi connectivity index (χ2n) is 7.02. The molecule has 3 rings (SSSR count). The number of rotatable bonds is 4. The van der Waals surface area contributed by atoms with E-state index >= 15 is 0 Å². The van der Waals surface area contributed by atoms with Crippen molar-refractivity contribution >= 4 is 16.8 Å². The number of hydrogen-bond acceptors (Lipinski definition) is 2. The number of para-hydroxylation sites is 1. The Morgan fingerprint density at radius 1 is 1.29 bits per heavy atom. The Hall–Kier alpha value is -1.57. The highest BCUT2D eigenvalue weighted by atomic mass is 16.3. The van der Waals surface area contributed by atoms with Crippen LogP contribution in [0.25, 0.3) is 11.0 Å². The zero-order chi connectivity index (χ0) is 15.0. The van der Waals surface area contributed by atoms with Crippen molar-refractivity contribution in [1.29, 1.82) is 0 Å². The third-order valence-corrected chi connectivity index (χ3v) is 4.81. The van der Waals surface area contributed by atoms with E-state index in [9.17, 15) is 4.79 Å². The number of furan rings is 1. The minimum Gasteiger partial charge on any atom is -0.453 e. The Kier molecular flexibility index (Phi) is 3.64. The highest BCUT2D eigenvalue weighted by Gasteiger charge is 2.43. The summed E-state index contributed by atoms with van der Waals surface area (Å²) in [6, 6.07) is 8.00. The topological polar surface area (TPSA) is 30.2 Å². The third kappa shape index (κ3) is 2.52. The van der Waals surface area contributed by atoms with Crippen molar-refractivity contribution < 1.29 is 9.21 Å². The zero-order valence-electron chi connectivity index (χ0n) is 13.2. The first-order chi connectivity index (χ1) is 10.0. The average molecular weight is 284 g/mol. The fraction of sp³-hybridized carbons (Fsp3) is 0.526. The van der Waals surface area contributed by atoms with Crippen molar-refractivity contribution in [3.8, 4) is 0 Å². The molecular formula is C19H24O2. The minimum atomic E-state index is -0.185. The Morgan fingerprint density at radius 3 is 2.62 bits per heavy atom. The molecular weight excluding hydrogens is 260 g/mol. The molecule has 0 N–H and O–H groups in total. The van der Waals surface area contributed by atoms with Gasteiger partial charge in [-0.3, -0.25) is 4.79 Å². The van der Waals surface area contributed by atoms with Crippen molar-refractivity contribution in [2.24, 2.45) is 11.3 Å². The zero-order valence-corrected chi connectivity index (χ0v) is 13.2. The van der Waals surface area contributed by atoms with E-state index < -0.39 is 0 Å². The van der Waals surface area contributed by atoms with E-state index in [1.807, 2.05) is 31.2 Å². The SMILES string of the molecule is Cc1cccc2cc(C(=O)C3(CC(C)C)CCCC3)oc12. The van der Waals surface area contributed by atoms with Crippen LogP contribution in [0.4, 0.5) is 0 Å². The van der Waals surface area contributed by atoms with E-state index in [1.165, 1.54) is 0 Å². The maximum atomic E-state index is 13.1. The Balaban J connectivity index is 2.00. The van der Waals surface area contributed by atoms with Crippen molar-refractivity contribution in [3.63, 3.8) is 0 Å². The summed E-state index contributed by atoms with van der Waals surface area (Å²) in [5.74, 6) is 1.32. The third-order valence-electron chi connectivity index (χ3n) is 4.81. The first kappa shape index (κ1) is 14.4. The van der Waals surface area contributed by atoms with Crippen LogP contribution < -0.4 is 0 Å². The van der Waals surface area contributed by atoms with Gasteiger partial charge in [-0.15, -0.1) is 0 Å². The van der Waals surface area contributed by atoms with E-state index in [2.05, 4.69) is 13.8 Å². The van der Waals surface area contributed by atoms with Crippen molar-refractivity contribution in [3.05, 3.63) is 35.6 Å². The lowest BCUT2D eigenvalue weighted by Gasteiger charge is -2.28. The highest BCUT2D eigenvalue weighted by molar-refractivity contribution is 6.01. The summed E-state index contributed by atoms with van der Waals surface area (Å²) in [6.07, 6.45) is 5.33. The fourth-order valence-electron chi connectivity index (χ4n) is 3.94. The van der Waals surface area contributed by atoms with E-state index in [0.717, 1.165) is 48.6 Å². The standard InChI is InChI=1S/C19H24O2/c1-13(2)12-19(9-4-5-10-19)18(20)16-11-15-8-6-7-14(3)17(15)21-16/h6-8,11,13H,4-5,9-10,12H2,1-3H3. The van der Waals surface area contributed by atoms with Crippen LogP contribution in [0, 0.1) is 18.3 Å². The first-order valence-electron chi connectivity index (χ1n) is 8.06. The largest absolute Gasteiger partial charge is 0.453 e. The van der Waals surface area contributed by atoms with Crippen LogP contribution in [0.3, 0.4) is 0 Å². The summed E-state index contributed by atoms with van der Waals surface area (Å²) in [6.45, 7) is 6.44. The highest BCUT2D eigenvalue weighted by Crippen LogP contribution is 2.46. The van der Waals surface area contributed by atoms with Crippen LogP contribution in [0.1, 0.15) is 62.1 Å². The van der Waals surface area contributed by atoms with E-state index in [4.69, 9.17) is 4.42 Å². The van der Waals surface area contributed by atoms with E-state index in [-0.39, 0.29) is 11.2 Å². The Morgan fingerprint density at radius 2 is 2.00 bits per heavy atom. The Bertz CT molecular complexity index is 657. The summed E-state index contributed by atoms with van der Waals surface area (Å²) < 4.78 is 5.93. The van der Waals surface area contributed by atoms with Gasteiger partial charge >= 0.3 is 0 Å². The molecule has 0 amide bonds. The molecule has 1 heterocycles. The van der Waals surface area contributed by atoms with Crippen LogP contribution in [-0.4, -0.2) is 5.78 Å². The number of carbonyl (C=O) groups excluding carboxylic acids is 1. The van der Waals surface area contributed by atoms with Crippen LogP contribution >= 0.6 is 0 Å². The number of carbonyl (C=O) groups is 1. The molecule has 112 valence electrons. The van der Waals surface area contributed by atoms with Gasteiger partial charge in [0, 0.05) is 10.8 Å². The molecule has 0 aliphatic heterocycles. The molecule has 0 bridgehead atoms. The molecule has 0 radical (unpaired) electrons. The number of ketones is 1. The predicted octanol–water partition coefficient (Wildman–Crippen LogP) is 5.53. The molecule has 0 spiro atoms. The molecule has 1 aromatic heterocycles. The van der Waals surface area contributed by atoms with Crippen molar-refractivity contribution in [1.82, 2.24) is 0 Å². The second-order valence-corrected chi connectivity index (χ2v) is 7.02. The molecule has 2 heteroatoms. The molecule has 1 aromatic carbocycles. The molecule has 1 fully saturated rings. The normalized spacial score (nSPS) is 17.7. The smallest absolute Gasteiger partial charge is 0.204 e. The van der Waals surface area contributed by atoms with Gasteiger partial charge in [0.2, 0.25) is 5.78 Å². The van der Waals surface area contributed by atoms with Crippen LogP contribution in [0.5, 0.6) is 0 Å². The second kappa shape index (κ2) is 5.32. The van der Waals surface area contributed by atoms with Crippen LogP contribution in [0.15, 0.2) is 28.7 Å². The maximum Gasteiger partial charge on any atom is 0.204 e. The number of fused-ring (bicyclic) bond motifs is 1. The van der Waals surface area contributed by atoms with Crippen molar-refractivity contribution in [2.75, 3.05) is 0 Å². The van der Waals surface area contributed by atoms with Gasteiger partial charge in [0.25, 0.3) is 0 Å². The lowest BCUT2D eigenvalue weighted by Crippen LogP contribution is -2.29. The molecule has 1 saturated carbocycles. The lowest BCUT2D eigenvalue weighted by molar-refractivity contribution is 0.0731. The molecule has 2 nitrogen and oxygen atoms in total. The van der Waals surface area contributed by atoms with Gasteiger partial charge in [0.15, 0.2) is 5.76 Å². The monoisotopic (exact) mass is 284 g/mol. The average Bonchev–Trinajstić information content (AvgIpc) is 3.05. The molecule has 21 heavy (non-hydrogen) atoms. The van der Waals surface area contributed by atoms with Gasteiger partial charge in [-0.1, -0.05) is 44.9 Å². The van der Waals surface area contributed by atoms with Gasteiger partial charge < -0.3 is 4.42 Å². The van der Waals surface area contributed by atoms with Gasteiger partial charge in [-0.2, -0.15) is 0 Å². The van der Waals surface area contributed by atoms with Crippen molar-refractivity contribution in [2.45, 2.75) is 52.9 Å². The summed E-state index contributed by atoms with van der Waals surface area (Å²) in [4.78, 5) is 13.1. The molecule has 1 aliphatic rings. The fourth-order valence-corrected chi connectivity index (χ4v) is 3.94. The summed E-state index contributed by atoms with van der Waals surface area (Å²) in [5, 5.41) is 1.04. The molecule has 0 atom stereocenters. The number of hydrogen-bond donors (Lipinski definition) is 0. The van der Waals surface area contributed by atoms with Crippen LogP contribution in [0.2, 0.25) is 0 Å². The molecule has 0 unspecified atom stereocenters. The Labute approximate surface area is 126 Å². The molecule has 0 saturated heterocycles. The van der Waals surface area contributed by atoms with Gasteiger partial charge in [-0.25, -0.2) is 0 Å². The van der Waals surface area contributed by atoms with Crippen LogP contribution in [-0.2, 0) is 0 Å².